The standard InChI is InChI=1S/C44H20Cl8N4.ClH.Tl/c45-25-9-21(10-26(46)17-25)41-33-1-2-34(53-33)42(22-11-27(47)18-28(48)12-22)36-5-6-38(55-36)44(24-15-31(51)20-32(52)16-24)40-8-7-39(56-40)43(37-4-3-35(41)54-37)23-13-29(49)19-30(50)14-23;;/h1-20H;1H;/q-2;;+3/p-1. The Morgan fingerprint density at radius 3 is 1.00 bits per heavy atom. The van der Waals surface area contributed by atoms with Crippen molar-refractivity contribution in [1.82, 2.24) is 4.75 Å². The van der Waals surface area contributed by atoms with E-state index in [1.165, 1.54) is 0 Å². The molecule has 0 amide bonds. The van der Waals surface area contributed by atoms with Crippen LogP contribution in [-0.2, 0) is 0 Å². The molecule has 282 valence electrons. The Hall–Kier alpha value is -2.99. The molecule has 4 nitrogen and oxygen atoms in total. The summed E-state index contributed by atoms with van der Waals surface area (Å²) in [5.41, 5.74) is 10.6. The molecule has 6 bridgehead atoms. The minimum atomic E-state index is -4.29. The fourth-order valence-corrected chi connectivity index (χ4v) is 21.7. The van der Waals surface area contributed by atoms with Crippen LogP contribution in [0.25, 0.3) is 22.3 Å². The van der Waals surface area contributed by atoms with Gasteiger partial charge in [-0.15, -0.1) is 0 Å². The zero-order valence-corrected chi connectivity index (χ0v) is 40.6. The van der Waals surface area contributed by atoms with E-state index in [1.54, 1.807) is 24.3 Å². The van der Waals surface area contributed by atoms with E-state index in [0.29, 0.717) is 63.0 Å². The summed E-state index contributed by atoms with van der Waals surface area (Å²) >= 11 is 49.5. The molecule has 0 spiro atoms. The number of benzene rings is 4. The molecule has 4 aromatic carbocycles. The monoisotopic (exact) mass is 1120 g/mol. The van der Waals surface area contributed by atoms with Gasteiger partial charge in [0.1, 0.15) is 0 Å². The normalized spacial score (nSPS) is 15.5. The van der Waals surface area contributed by atoms with Crippen LogP contribution < -0.4 is 10.7 Å². The van der Waals surface area contributed by atoms with Gasteiger partial charge in [0.25, 0.3) is 0 Å². The second kappa shape index (κ2) is 15.2. The Morgan fingerprint density at radius 1 is 0.362 bits per heavy atom. The van der Waals surface area contributed by atoms with E-state index >= 15 is 0 Å². The van der Waals surface area contributed by atoms with E-state index in [4.69, 9.17) is 111 Å². The number of hydrogen-bond acceptors (Lipinski definition) is 2. The molecule has 0 N–H and O–H groups in total. The van der Waals surface area contributed by atoms with Crippen LogP contribution in [0.15, 0.2) is 143 Å². The maximum atomic E-state index is 8.35. The number of halogens is 9. The number of hydrogen-bond donors (Lipinski definition) is 0. The Balaban J connectivity index is 1.46. The Kier molecular flexibility index (Phi) is 10.2. The van der Waals surface area contributed by atoms with E-state index < -0.39 is 22.1 Å². The van der Waals surface area contributed by atoms with Crippen LogP contribution in [0.4, 0.5) is 0 Å². The van der Waals surface area contributed by atoms with Crippen LogP contribution in [0.1, 0.15) is 33.6 Å². The SMILES string of the molecule is Clc1cc(Cl)cc(C2=C3C=CC(=N3)C(c3cc(Cl)cc(Cl)c3)=c3ccc4[n]3[Tl]([Cl])[n]3c2ccc3C(c2cc(Cl)cc(Cl)c2)=C2C=CC(=N2)C=4c2cc(Cl)cc(Cl)c2)c1. The van der Waals surface area contributed by atoms with Gasteiger partial charge in [-0.1, -0.05) is 0 Å². The third kappa shape index (κ3) is 6.82. The fourth-order valence-electron chi connectivity index (χ4n) is 8.07. The van der Waals surface area contributed by atoms with E-state index in [2.05, 4.69) is 29.0 Å². The predicted molar refractivity (Wildman–Crippen MR) is 247 cm³/mol. The van der Waals surface area contributed by atoms with Crippen LogP contribution in [-0.4, -0.2) is 38.3 Å². The van der Waals surface area contributed by atoms with Crippen molar-refractivity contribution in [1.29, 1.82) is 0 Å². The average molecular weight is 1130 g/mol. The number of aromatic nitrogens is 2. The fraction of sp³-hybridized carbons (Fsp3) is 0. The summed E-state index contributed by atoms with van der Waals surface area (Å²) in [6.07, 6.45) is 7.99. The molecule has 0 saturated carbocycles. The Morgan fingerprint density at radius 2 is 0.672 bits per heavy atom. The molecular formula is C44H20Cl9N4Tl. The van der Waals surface area contributed by atoms with E-state index in [1.807, 2.05) is 72.8 Å². The quantitative estimate of drug-likeness (QED) is 0.158. The molecule has 0 unspecified atom stereocenters. The van der Waals surface area contributed by atoms with Crippen molar-refractivity contribution in [3.8, 4) is 0 Å². The third-order valence-electron chi connectivity index (χ3n) is 10.2. The van der Waals surface area contributed by atoms with E-state index in [-0.39, 0.29) is 0 Å². The predicted octanol–water partition coefficient (Wildman–Crippen LogP) is 13.1. The molecule has 0 fully saturated rings. The van der Waals surface area contributed by atoms with E-state index in [0.717, 1.165) is 66.6 Å². The summed E-state index contributed by atoms with van der Waals surface area (Å²) in [5.74, 6) is 0. The number of aliphatic imine (C=N–C) groups is 2. The van der Waals surface area contributed by atoms with Gasteiger partial charge < -0.3 is 0 Å². The number of allylic oxidation sites excluding steroid dienone is 4. The molecule has 10 rings (SSSR count). The van der Waals surface area contributed by atoms with Crippen LogP contribution >= 0.6 is 101 Å². The molecule has 58 heavy (non-hydrogen) atoms. The van der Waals surface area contributed by atoms with Gasteiger partial charge >= 0.3 is 389 Å². The first-order valence-corrected chi connectivity index (χ1v) is 30.2. The van der Waals surface area contributed by atoms with Crippen molar-refractivity contribution in [2.45, 2.75) is 0 Å². The molecule has 6 heterocycles. The Bertz CT molecular complexity index is 2900. The van der Waals surface area contributed by atoms with Crippen molar-refractivity contribution >= 4 is 157 Å². The van der Waals surface area contributed by atoms with Crippen LogP contribution in [0.3, 0.4) is 0 Å². The van der Waals surface area contributed by atoms with Crippen LogP contribution in [0, 0.1) is 0 Å². The summed E-state index contributed by atoms with van der Waals surface area (Å²) in [4.78, 5) is 10.7. The Labute approximate surface area is 384 Å². The number of rotatable bonds is 4. The van der Waals surface area contributed by atoms with Crippen molar-refractivity contribution < 1.29 is 0 Å². The molecule has 4 aliphatic rings. The third-order valence-corrected chi connectivity index (χ3v) is 23.0. The first kappa shape index (κ1) is 39.2. The summed E-state index contributed by atoms with van der Waals surface area (Å²) < 4.78 is 4.57. The van der Waals surface area contributed by atoms with Gasteiger partial charge in [0.2, 0.25) is 0 Å². The van der Waals surface area contributed by atoms with Gasteiger partial charge in [-0.3, -0.25) is 0 Å². The van der Waals surface area contributed by atoms with Gasteiger partial charge in [0.05, 0.1) is 0 Å². The average Bonchev–Trinajstić information content (AvgIpc) is 3.96. The molecule has 6 aromatic rings. The zero-order chi connectivity index (χ0) is 40.1. The maximum absolute atomic E-state index is 8.35. The van der Waals surface area contributed by atoms with Gasteiger partial charge in [-0.05, 0) is 0 Å². The van der Waals surface area contributed by atoms with E-state index in [9.17, 15) is 0 Å². The molecule has 0 aliphatic carbocycles. The van der Waals surface area contributed by atoms with Gasteiger partial charge in [0.15, 0.2) is 0 Å². The molecule has 0 saturated heterocycles. The summed E-state index contributed by atoms with van der Waals surface area (Å²) in [6.45, 7) is 0. The van der Waals surface area contributed by atoms with Crippen LogP contribution in [0.2, 0.25) is 40.2 Å². The molecule has 2 aromatic heterocycles. The second-order valence-electron chi connectivity index (χ2n) is 13.8. The zero-order valence-electron chi connectivity index (χ0n) is 29.3. The van der Waals surface area contributed by atoms with Crippen molar-refractivity contribution in [3.05, 3.63) is 217 Å². The summed E-state index contributed by atoms with van der Waals surface area (Å²) in [6, 6.07) is 30.2. The molecule has 0 atom stereocenters. The molecule has 0 radical (unpaired) electrons. The number of nitrogens with zero attached hydrogens (tertiary/aromatic N) is 4. The van der Waals surface area contributed by atoms with Gasteiger partial charge in [-0.2, -0.15) is 0 Å². The molecule has 14 heteroatoms. The first-order valence-electron chi connectivity index (χ1n) is 17.6. The number of fused-ring (bicyclic) bond motifs is 2. The molecular weight excluding hydrogens is 1110 g/mol. The van der Waals surface area contributed by atoms with Crippen LogP contribution in [0.5, 0.6) is 0 Å². The summed E-state index contributed by atoms with van der Waals surface area (Å²) in [5, 5.41) is 5.45. The summed E-state index contributed by atoms with van der Waals surface area (Å²) in [7, 11) is 8.35. The topological polar surface area (TPSA) is 34.6 Å². The molecule has 4 aliphatic heterocycles. The van der Waals surface area contributed by atoms with Crippen molar-refractivity contribution in [2.24, 2.45) is 9.98 Å². The van der Waals surface area contributed by atoms with Gasteiger partial charge in [0, 0.05) is 0 Å². The first-order chi connectivity index (χ1) is 27.9. The minimum absolute atomic E-state index is 0.475. The van der Waals surface area contributed by atoms with Gasteiger partial charge in [-0.25, -0.2) is 0 Å². The van der Waals surface area contributed by atoms with Crippen molar-refractivity contribution in [3.63, 3.8) is 0 Å². The second-order valence-corrected chi connectivity index (χ2v) is 27.2. The van der Waals surface area contributed by atoms with Crippen molar-refractivity contribution in [2.75, 3.05) is 0 Å².